The van der Waals surface area contributed by atoms with E-state index >= 15 is 0 Å². The van der Waals surface area contributed by atoms with Crippen LogP contribution in [0.2, 0.25) is 10.0 Å². The van der Waals surface area contributed by atoms with E-state index < -0.39 is 11.9 Å². The minimum absolute atomic E-state index is 0.00238. The Morgan fingerprint density at radius 1 is 0.886 bits per heavy atom. The Hall–Kier alpha value is -2.64. The molecule has 238 valence electrons. The Balaban J connectivity index is 0.000000193. The third-order valence-electron chi connectivity index (χ3n) is 6.42. The molecule has 3 N–H and O–H groups in total. The Labute approximate surface area is 278 Å². The van der Waals surface area contributed by atoms with E-state index in [2.05, 4.69) is 20.0 Å². The summed E-state index contributed by atoms with van der Waals surface area (Å²) in [6.45, 7) is 1.08. The maximum Gasteiger partial charge on any atom is 0.328 e. The summed E-state index contributed by atoms with van der Waals surface area (Å²) in [5.41, 5.74) is 7.73. The van der Waals surface area contributed by atoms with Crippen LogP contribution >= 0.6 is 58.0 Å². The van der Waals surface area contributed by atoms with Gasteiger partial charge in [0.25, 0.3) is 0 Å². The van der Waals surface area contributed by atoms with Crippen LogP contribution in [0, 0.1) is 5.92 Å². The number of hydrogen-bond donors (Lipinski definition) is 2. The molecule has 11 nitrogen and oxygen atoms in total. The molecule has 2 aliphatic rings. The van der Waals surface area contributed by atoms with Gasteiger partial charge in [-0.3, -0.25) is 9.59 Å². The van der Waals surface area contributed by atoms with E-state index in [-0.39, 0.29) is 47.5 Å². The lowest BCUT2D eigenvalue weighted by Crippen LogP contribution is -2.23. The highest BCUT2D eigenvalue weighted by Gasteiger charge is 2.31. The molecule has 2 aliphatic heterocycles. The summed E-state index contributed by atoms with van der Waals surface area (Å²) in [5.74, 6) is -0.473. The molecule has 3 heterocycles. The van der Waals surface area contributed by atoms with Gasteiger partial charge in [0.15, 0.2) is 5.82 Å². The summed E-state index contributed by atoms with van der Waals surface area (Å²) < 4.78 is 20.4. The summed E-state index contributed by atoms with van der Waals surface area (Å²) in [4.78, 5) is 24.5. The molecule has 0 spiro atoms. The number of hydrogen-bond acceptors (Lipinski definition) is 10. The van der Waals surface area contributed by atoms with Gasteiger partial charge in [0.2, 0.25) is 5.89 Å². The number of carbonyl (C=O) groups excluding carboxylic acids is 2. The highest BCUT2D eigenvalue weighted by molar-refractivity contribution is 6.31. The van der Waals surface area contributed by atoms with E-state index in [1.165, 1.54) is 0 Å². The zero-order chi connectivity index (χ0) is 32.1. The molecule has 5 rings (SSSR count). The number of esters is 2. The van der Waals surface area contributed by atoms with Gasteiger partial charge >= 0.3 is 11.9 Å². The largest absolute Gasteiger partial charge is 0.409 e. The Morgan fingerprint density at radius 3 is 1.89 bits per heavy atom. The topological polar surface area (TPSA) is 159 Å². The van der Waals surface area contributed by atoms with E-state index in [0.29, 0.717) is 30.0 Å². The summed E-state index contributed by atoms with van der Waals surface area (Å²) in [7, 11) is 0. The first-order valence-electron chi connectivity index (χ1n) is 13.1. The summed E-state index contributed by atoms with van der Waals surface area (Å²) >= 11 is 27.3. The number of carbonyl (C=O) groups is 2. The number of benzene rings is 2. The highest BCUT2D eigenvalue weighted by Crippen LogP contribution is 2.37. The van der Waals surface area contributed by atoms with Gasteiger partial charge in [-0.15, -0.1) is 34.8 Å². The second-order valence-electron chi connectivity index (χ2n) is 9.43. The van der Waals surface area contributed by atoms with Gasteiger partial charge in [-0.05, 0) is 48.2 Å². The molecule has 0 unspecified atom stereocenters. The molecule has 0 radical (unpaired) electrons. The number of ether oxygens (including phenoxy) is 3. The summed E-state index contributed by atoms with van der Waals surface area (Å²) in [6.07, 6.45) is 1.63. The predicted molar refractivity (Wildman–Crippen MR) is 166 cm³/mol. The van der Waals surface area contributed by atoms with E-state index in [0.717, 1.165) is 29.0 Å². The van der Waals surface area contributed by atoms with Gasteiger partial charge in [0, 0.05) is 21.9 Å². The molecule has 4 atom stereocenters. The first kappa shape index (κ1) is 35.8. The highest BCUT2D eigenvalue weighted by atomic mass is 35.5. The summed E-state index contributed by atoms with van der Waals surface area (Å²) in [6, 6.07) is 15.2. The van der Waals surface area contributed by atoms with E-state index in [4.69, 9.17) is 82.9 Å². The fourth-order valence-electron chi connectivity index (χ4n) is 4.21. The number of nitrogens with two attached hydrogens (primary N) is 1. The zero-order valence-corrected chi connectivity index (χ0v) is 26.9. The van der Waals surface area contributed by atoms with Crippen LogP contribution < -0.4 is 5.73 Å². The number of aromatic nitrogens is 2. The average molecular weight is 711 g/mol. The maximum atomic E-state index is 10.1. The normalized spacial score (nSPS) is 21.1. The molecule has 16 heteroatoms. The van der Waals surface area contributed by atoms with Crippen molar-refractivity contribution < 1.29 is 33.5 Å². The minimum Gasteiger partial charge on any atom is -0.409 e. The van der Waals surface area contributed by atoms with Crippen LogP contribution in [-0.2, 0) is 29.7 Å². The van der Waals surface area contributed by atoms with Gasteiger partial charge < -0.3 is 29.7 Å². The van der Waals surface area contributed by atoms with Gasteiger partial charge in [-0.25, -0.2) is 0 Å². The lowest BCUT2D eigenvalue weighted by atomic mass is 10.00. The van der Waals surface area contributed by atoms with E-state index in [1.54, 1.807) is 0 Å². The first-order valence-corrected chi connectivity index (χ1v) is 15.5. The van der Waals surface area contributed by atoms with Gasteiger partial charge in [-0.1, -0.05) is 57.8 Å². The molecular weight excluding hydrogens is 682 g/mol. The van der Waals surface area contributed by atoms with Crippen molar-refractivity contribution in [3.8, 4) is 0 Å². The third kappa shape index (κ3) is 11.1. The molecule has 0 amide bonds. The first-order chi connectivity index (χ1) is 21.2. The van der Waals surface area contributed by atoms with Crippen LogP contribution in [0.4, 0.5) is 0 Å². The van der Waals surface area contributed by atoms with E-state index in [1.807, 2.05) is 48.5 Å². The number of oxime groups is 1. The van der Waals surface area contributed by atoms with Crippen LogP contribution in [0.25, 0.3) is 0 Å². The van der Waals surface area contributed by atoms with Crippen molar-refractivity contribution in [2.24, 2.45) is 16.8 Å². The standard InChI is InChI=1S/C13H12Cl2N2O2.C11H13ClN2O2.C4H4Cl2O3/c14-6-12-16-13(17-19-12)9-5-11(18-7-9)8-1-3-10(15)4-2-8;12-9-3-1-7(2-4-9)10-5-8(6-16-10)11(13)14-15;5-1-3(7)9-4(8)2-6/h1-4,9,11H,5-7H2;1-4,8,10,15H,5-6H2,(H2,13,14);1-2H2/t9-,11+;8-,10+;/m00./s1. The Bertz CT molecular complexity index is 1360. The number of rotatable bonds is 7. The van der Waals surface area contributed by atoms with Crippen molar-refractivity contribution in [3.05, 3.63) is 81.4 Å². The monoisotopic (exact) mass is 708 g/mol. The third-order valence-corrected chi connectivity index (χ3v) is 7.59. The molecule has 0 bridgehead atoms. The molecule has 0 aliphatic carbocycles. The zero-order valence-electron chi connectivity index (χ0n) is 23.1. The lowest BCUT2D eigenvalue weighted by Gasteiger charge is -2.09. The van der Waals surface area contributed by atoms with Crippen molar-refractivity contribution in [1.29, 1.82) is 0 Å². The smallest absolute Gasteiger partial charge is 0.328 e. The van der Waals surface area contributed by atoms with Crippen LogP contribution in [0.15, 0.2) is 58.2 Å². The second-order valence-corrected chi connectivity index (χ2v) is 11.1. The summed E-state index contributed by atoms with van der Waals surface area (Å²) in [5, 5.41) is 17.0. The second kappa shape index (κ2) is 18.4. The average Bonchev–Trinajstić information content (AvgIpc) is 3.83. The number of alkyl halides is 3. The quantitative estimate of drug-likeness (QED) is 0.0534. The van der Waals surface area contributed by atoms with Crippen molar-refractivity contribution in [1.82, 2.24) is 10.1 Å². The minimum atomic E-state index is -0.776. The van der Waals surface area contributed by atoms with Crippen molar-refractivity contribution >= 4 is 75.8 Å². The fraction of sp³-hybridized carbons (Fsp3) is 0.393. The van der Waals surface area contributed by atoms with Gasteiger partial charge in [-0.2, -0.15) is 4.98 Å². The molecule has 2 fully saturated rings. The predicted octanol–water partition coefficient (Wildman–Crippen LogP) is 6.40. The number of halogens is 5. The van der Waals surface area contributed by atoms with Crippen LogP contribution in [0.5, 0.6) is 0 Å². The molecule has 0 saturated carbocycles. The molecule has 3 aromatic rings. The van der Waals surface area contributed by atoms with Gasteiger partial charge in [0.05, 0.1) is 25.4 Å². The molecule has 2 saturated heterocycles. The molecule has 1 aromatic heterocycles. The maximum absolute atomic E-state index is 10.1. The SMILES string of the molecule is ClCc1nc([C@@H]2CO[C@@H](c3ccc(Cl)cc3)C2)no1.N/C(=N\O)[C@@H]1CO[C@@H](c2ccc(Cl)cc2)C1.O=C(CCl)OC(=O)CCl. The Kier molecular flexibility index (Phi) is 15.0. The fourth-order valence-corrected chi connectivity index (χ4v) is 4.68. The van der Waals surface area contributed by atoms with Crippen molar-refractivity contribution in [2.45, 2.75) is 36.8 Å². The van der Waals surface area contributed by atoms with Crippen LogP contribution in [-0.4, -0.2) is 58.1 Å². The lowest BCUT2D eigenvalue weighted by molar-refractivity contribution is -0.155. The van der Waals surface area contributed by atoms with E-state index in [9.17, 15) is 9.59 Å². The van der Waals surface area contributed by atoms with Crippen molar-refractivity contribution in [2.75, 3.05) is 25.0 Å². The molecule has 44 heavy (non-hydrogen) atoms. The number of nitrogens with zero attached hydrogens (tertiary/aromatic N) is 3. The molecular formula is C28H29Cl5N4O7. The van der Waals surface area contributed by atoms with Crippen LogP contribution in [0.1, 0.15) is 53.8 Å². The Morgan fingerprint density at radius 2 is 1.41 bits per heavy atom. The number of amidine groups is 1. The molecule has 2 aromatic carbocycles. The van der Waals surface area contributed by atoms with Crippen molar-refractivity contribution in [3.63, 3.8) is 0 Å². The van der Waals surface area contributed by atoms with Crippen LogP contribution in [0.3, 0.4) is 0 Å². The van der Waals surface area contributed by atoms with Gasteiger partial charge in [0.1, 0.15) is 23.5 Å².